The van der Waals surface area contributed by atoms with Gasteiger partial charge in [0.15, 0.2) is 9.84 Å². The second-order valence-corrected chi connectivity index (χ2v) is 7.63. The molecule has 1 aromatic carbocycles. The highest BCUT2D eigenvalue weighted by Gasteiger charge is 2.30. The molecule has 0 bridgehead atoms. The first-order valence-electron chi connectivity index (χ1n) is 6.93. The highest BCUT2D eigenvalue weighted by molar-refractivity contribution is 7.90. The quantitative estimate of drug-likeness (QED) is 0.544. The summed E-state index contributed by atoms with van der Waals surface area (Å²) in [6.07, 6.45) is 1.03. The van der Waals surface area contributed by atoms with Gasteiger partial charge in [0.1, 0.15) is 5.69 Å². The molecule has 2 unspecified atom stereocenters. The zero-order chi connectivity index (χ0) is 16.5. The Morgan fingerprint density at radius 3 is 2.36 bits per heavy atom. The van der Waals surface area contributed by atoms with Gasteiger partial charge >= 0.3 is 0 Å². The number of sulfone groups is 1. The summed E-state index contributed by atoms with van der Waals surface area (Å²) in [6, 6.07) is 4.38. The molecule has 1 aromatic rings. The van der Waals surface area contributed by atoms with Crippen molar-refractivity contribution in [2.45, 2.75) is 30.8 Å². The molecule has 1 heterocycles. The molecule has 1 aliphatic rings. The highest BCUT2D eigenvalue weighted by Crippen LogP contribution is 2.28. The van der Waals surface area contributed by atoms with E-state index in [-0.39, 0.29) is 28.6 Å². The minimum absolute atomic E-state index is 0.0596. The van der Waals surface area contributed by atoms with E-state index in [4.69, 9.17) is 0 Å². The van der Waals surface area contributed by atoms with Crippen molar-refractivity contribution in [3.63, 3.8) is 0 Å². The maximum Gasteiger partial charge on any atom is 0.293 e. The molecule has 0 aliphatic carbocycles. The molecule has 1 aliphatic heterocycles. The zero-order valence-electron chi connectivity index (χ0n) is 12.7. The number of anilines is 1. The monoisotopic (exact) mass is 328 g/mol. The summed E-state index contributed by atoms with van der Waals surface area (Å²) in [5.74, 6) is 0.259. The molecule has 2 rings (SSSR count). The molecule has 0 aromatic heterocycles. The number of hydrogen-bond acceptors (Lipinski definition) is 7. The van der Waals surface area contributed by atoms with Crippen LogP contribution in [0.4, 0.5) is 11.4 Å². The molecule has 8 nitrogen and oxygen atoms in total. The average molecular weight is 328 g/mol. The number of benzene rings is 1. The largest absolute Gasteiger partial charge is 0.379 e. The lowest BCUT2D eigenvalue weighted by molar-refractivity contribution is -0.384. The third-order valence-electron chi connectivity index (χ3n) is 3.95. The second kappa shape index (κ2) is 6.19. The van der Waals surface area contributed by atoms with Crippen molar-refractivity contribution in [1.29, 1.82) is 0 Å². The van der Waals surface area contributed by atoms with Crippen molar-refractivity contribution in [2.24, 2.45) is 5.92 Å². The van der Waals surface area contributed by atoms with Gasteiger partial charge in [-0.1, -0.05) is 0 Å². The van der Waals surface area contributed by atoms with E-state index in [1.807, 2.05) is 13.8 Å². The topological polar surface area (TPSA) is 113 Å². The van der Waals surface area contributed by atoms with Crippen LogP contribution in [0.1, 0.15) is 13.8 Å². The first-order chi connectivity index (χ1) is 10.2. The lowest BCUT2D eigenvalue weighted by atomic mass is 9.96. The van der Waals surface area contributed by atoms with E-state index in [1.165, 1.54) is 12.1 Å². The van der Waals surface area contributed by atoms with Gasteiger partial charge in [0.2, 0.25) is 0 Å². The lowest BCUT2D eigenvalue weighted by Crippen LogP contribution is -2.30. The Morgan fingerprint density at radius 2 is 1.86 bits per heavy atom. The standard InChI is InChI=1S/C13H20N4O4S/c1-8-11(9(2)16-15-8)7-14-12-5-4-10(22(3,20)21)6-13(12)17(18)19/h4-6,8-9,11,14-16H,7H2,1-3H3. The molecular weight excluding hydrogens is 308 g/mol. The van der Waals surface area contributed by atoms with E-state index in [9.17, 15) is 18.5 Å². The van der Waals surface area contributed by atoms with Gasteiger partial charge in [0, 0.05) is 36.9 Å². The van der Waals surface area contributed by atoms with E-state index in [0.717, 1.165) is 12.3 Å². The Hall–Kier alpha value is -1.71. The lowest BCUT2D eigenvalue weighted by Gasteiger charge is -2.19. The van der Waals surface area contributed by atoms with E-state index in [0.29, 0.717) is 12.2 Å². The summed E-state index contributed by atoms with van der Waals surface area (Å²) in [5.41, 5.74) is 6.33. The third-order valence-corrected chi connectivity index (χ3v) is 5.06. The number of hydrazine groups is 1. The number of nitro groups is 1. The van der Waals surface area contributed by atoms with Gasteiger partial charge in [-0.25, -0.2) is 8.42 Å². The van der Waals surface area contributed by atoms with Crippen molar-refractivity contribution in [3.05, 3.63) is 28.3 Å². The van der Waals surface area contributed by atoms with Crippen LogP contribution in [0.5, 0.6) is 0 Å². The van der Waals surface area contributed by atoms with E-state index >= 15 is 0 Å². The van der Waals surface area contributed by atoms with Crippen LogP contribution in [-0.2, 0) is 9.84 Å². The molecule has 0 saturated carbocycles. The molecule has 22 heavy (non-hydrogen) atoms. The molecule has 1 fully saturated rings. The number of rotatable bonds is 5. The summed E-state index contributed by atoms with van der Waals surface area (Å²) in [6.45, 7) is 4.61. The average Bonchev–Trinajstić information content (AvgIpc) is 2.74. The Bertz CT molecular complexity index is 667. The Balaban J connectivity index is 2.22. The molecule has 0 amide bonds. The Kier molecular flexibility index (Phi) is 4.69. The predicted octanol–water partition coefficient (Wildman–Crippen LogP) is 0.911. The molecule has 122 valence electrons. The summed E-state index contributed by atoms with van der Waals surface area (Å²) >= 11 is 0. The summed E-state index contributed by atoms with van der Waals surface area (Å²) in [4.78, 5) is 10.5. The van der Waals surface area contributed by atoms with Gasteiger partial charge in [-0.3, -0.25) is 21.0 Å². The second-order valence-electron chi connectivity index (χ2n) is 5.62. The first-order valence-corrected chi connectivity index (χ1v) is 8.82. The molecule has 9 heteroatoms. The fourth-order valence-electron chi connectivity index (χ4n) is 2.53. The van der Waals surface area contributed by atoms with Gasteiger partial charge in [0.05, 0.1) is 9.82 Å². The molecule has 3 N–H and O–H groups in total. The van der Waals surface area contributed by atoms with Crippen molar-refractivity contribution in [1.82, 2.24) is 10.9 Å². The fourth-order valence-corrected chi connectivity index (χ4v) is 3.17. The van der Waals surface area contributed by atoms with Crippen molar-refractivity contribution < 1.29 is 13.3 Å². The van der Waals surface area contributed by atoms with Crippen LogP contribution in [-0.4, -0.2) is 38.2 Å². The van der Waals surface area contributed by atoms with Gasteiger partial charge in [0.25, 0.3) is 5.69 Å². The molecule has 2 atom stereocenters. The van der Waals surface area contributed by atoms with Crippen LogP contribution in [0.3, 0.4) is 0 Å². The van der Waals surface area contributed by atoms with Gasteiger partial charge < -0.3 is 5.32 Å². The molecule has 1 saturated heterocycles. The van der Waals surface area contributed by atoms with E-state index < -0.39 is 14.8 Å². The fraction of sp³-hybridized carbons (Fsp3) is 0.538. The summed E-state index contributed by atoms with van der Waals surface area (Å²) < 4.78 is 23.0. The summed E-state index contributed by atoms with van der Waals surface area (Å²) in [7, 11) is -3.48. The third kappa shape index (κ3) is 3.54. The van der Waals surface area contributed by atoms with Gasteiger partial charge in [-0.05, 0) is 26.0 Å². The number of nitrogens with zero attached hydrogens (tertiary/aromatic N) is 1. The zero-order valence-corrected chi connectivity index (χ0v) is 13.5. The normalized spacial score (nSPS) is 25.1. The van der Waals surface area contributed by atoms with E-state index in [1.54, 1.807) is 0 Å². The summed E-state index contributed by atoms with van der Waals surface area (Å²) in [5, 5.41) is 14.2. The maximum absolute atomic E-state index is 11.5. The van der Waals surface area contributed by atoms with Crippen LogP contribution in [0.15, 0.2) is 23.1 Å². The van der Waals surface area contributed by atoms with Crippen LogP contribution >= 0.6 is 0 Å². The smallest absolute Gasteiger partial charge is 0.293 e. The van der Waals surface area contributed by atoms with Crippen molar-refractivity contribution >= 4 is 21.2 Å². The van der Waals surface area contributed by atoms with Crippen LogP contribution < -0.4 is 16.2 Å². The van der Waals surface area contributed by atoms with Crippen molar-refractivity contribution in [3.8, 4) is 0 Å². The number of nitro benzene ring substituents is 1. The SMILES string of the molecule is CC1NNC(C)C1CNc1ccc(S(C)(=O)=O)cc1[N+](=O)[O-]. The Labute approximate surface area is 129 Å². The van der Waals surface area contributed by atoms with Crippen LogP contribution in [0, 0.1) is 16.0 Å². The first kappa shape index (κ1) is 16.7. The minimum atomic E-state index is -3.48. The minimum Gasteiger partial charge on any atom is -0.379 e. The van der Waals surface area contributed by atoms with Gasteiger partial charge in [-0.2, -0.15) is 0 Å². The molecule has 0 spiro atoms. The van der Waals surface area contributed by atoms with Crippen LogP contribution in [0.2, 0.25) is 0 Å². The number of nitrogens with one attached hydrogen (secondary N) is 3. The highest BCUT2D eigenvalue weighted by atomic mass is 32.2. The molecule has 0 radical (unpaired) electrons. The molecular formula is C13H20N4O4S. The van der Waals surface area contributed by atoms with Crippen LogP contribution in [0.25, 0.3) is 0 Å². The predicted molar refractivity (Wildman–Crippen MR) is 83.4 cm³/mol. The Morgan fingerprint density at radius 1 is 1.27 bits per heavy atom. The van der Waals surface area contributed by atoms with Crippen molar-refractivity contribution in [2.75, 3.05) is 18.1 Å². The van der Waals surface area contributed by atoms with Gasteiger partial charge in [-0.15, -0.1) is 0 Å². The van der Waals surface area contributed by atoms with E-state index in [2.05, 4.69) is 16.2 Å². The number of hydrogen-bond donors (Lipinski definition) is 3. The maximum atomic E-state index is 11.5.